The van der Waals surface area contributed by atoms with E-state index in [-0.39, 0.29) is 154 Å². The van der Waals surface area contributed by atoms with E-state index in [1.807, 2.05) is 0 Å². The van der Waals surface area contributed by atoms with E-state index in [4.69, 9.17) is 55.6 Å². The second-order valence-electron chi connectivity index (χ2n) is 4.98. The first kappa shape index (κ1) is 66.8. The Morgan fingerprint density at radius 2 is 0.842 bits per heavy atom. The Morgan fingerprint density at radius 1 is 0.632 bits per heavy atom. The predicted molar refractivity (Wildman–Crippen MR) is 90.1 cm³/mol. The number of carbonyl (C=O) groups is 8. The number of hydrogen-bond donors (Lipinski definition) is 3. The summed E-state index contributed by atoms with van der Waals surface area (Å²) >= 11 is 0. The molecule has 192 valence electrons. The molecule has 0 heterocycles. The summed E-state index contributed by atoms with van der Waals surface area (Å²) in [4.78, 5) is 77.4. The number of ether oxygens (including phenoxy) is 1. The predicted octanol–water partition coefficient (Wildman–Crippen LogP) is -23.0. The number of aliphatic carboxylic acids is 7. The maximum atomic E-state index is 11.0. The average molecular weight is 599 g/mol. The second kappa shape index (κ2) is 44.7. The van der Waals surface area contributed by atoms with Crippen LogP contribution in [0.1, 0.15) is 40.5 Å². The number of nitrogens with two attached hydrogens (primary N) is 1. The van der Waals surface area contributed by atoms with Gasteiger partial charge >= 0.3 is 166 Å². The first-order valence-corrected chi connectivity index (χ1v) is 8.00. The summed E-state index contributed by atoms with van der Waals surface area (Å²) in [6.45, 7) is 3.89. The van der Waals surface area contributed by atoms with Crippen LogP contribution in [0.25, 0.3) is 0 Å². The Labute approximate surface area is 328 Å². The van der Waals surface area contributed by atoms with Crippen LogP contribution in [0.15, 0.2) is 0 Å². The monoisotopic (exact) mass is 599 g/mol. The average Bonchev–Trinajstić information content (AvgIpc) is 2.54. The van der Waals surface area contributed by atoms with Crippen LogP contribution in [0, 0.1) is 0 Å². The smallest absolute Gasteiger partial charge is 0.550 e. The molecular weight excluding hydrogens is 577 g/mol. The Kier molecular flexibility index (Phi) is 78.6. The minimum atomic E-state index is -2.32. The number of carbonyl (C=O) groups excluding carboxylic acids is 6. The molecule has 4 N–H and O–H groups in total. The largest absolute Gasteiger partial charge is 1.00 e. The maximum absolute atomic E-state index is 11.0. The van der Waals surface area contributed by atoms with Gasteiger partial charge in [0, 0.05) is 36.3 Å². The summed E-state index contributed by atoms with van der Waals surface area (Å²) in [5, 5.41) is 62.5. The van der Waals surface area contributed by atoms with Crippen LogP contribution in [-0.2, 0) is 43.1 Å². The number of esters is 1. The van der Waals surface area contributed by atoms with E-state index in [1.165, 1.54) is 0 Å². The molecular formula is C16H22NNa5O16. The number of rotatable bonds is 7. The third-order valence-corrected chi connectivity index (χ3v) is 1.66. The summed E-state index contributed by atoms with van der Waals surface area (Å²) in [6, 6.07) is -1.41. The van der Waals surface area contributed by atoms with Gasteiger partial charge in [-0.3, -0.25) is 4.79 Å². The van der Waals surface area contributed by atoms with E-state index in [1.54, 1.807) is 0 Å². The normalized spacial score (nSPS) is 7.95. The van der Waals surface area contributed by atoms with Crippen LogP contribution in [-0.4, -0.2) is 70.1 Å². The maximum Gasteiger partial charge on any atom is 1.00 e. The first-order valence-electron chi connectivity index (χ1n) is 8.00. The molecule has 17 nitrogen and oxygen atoms in total. The summed E-state index contributed by atoms with van der Waals surface area (Å²) < 4.78 is 4.10. The molecule has 0 aromatic heterocycles. The molecule has 1 atom stereocenters. The molecule has 0 aliphatic rings. The minimum absolute atomic E-state index is 0. The summed E-state index contributed by atoms with van der Waals surface area (Å²) in [5.41, 5.74) is 5.01. The molecule has 0 unspecified atom stereocenters. The van der Waals surface area contributed by atoms with Gasteiger partial charge in [-0.1, -0.05) is 0 Å². The van der Waals surface area contributed by atoms with Gasteiger partial charge in [-0.05, 0) is 34.1 Å². The zero-order valence-electron chi connectivity index (χ0n) is 22.8. The van der Waals surface area contributed by atoms with Crippen molar-refractivity contribution in [1.82, 2.24) is 0 Å². The Balaban J connectivity index is -0.0000000390. The van der Waals surface area contributed by atoms with E-state index < -0.39 is 66.3 Å². The molecule has 0 spiro atoms. The fourth-order valence-electron chi connectivity index (χ4n) is 0.788. The number of carboxylic acid groups (broad SMARTS) is 7. The van der Waals surface area contributed by atoms with Gasteiger partial charge in [0.05, 0.1) is 5.97 Å². The van der Waals surface area contributed by atoms with Gasteiger partial charge in [-0.2, -0.15) is 0 Å². The Hall–Kier alpha value is 0.720. The van der Waals surface area contributed by atoms with Crippen LogP contribution < -0.4 is 179 Å². The molecule has 0 aromatic carbocycles. The molecule has 0 aromatic rings. The topological polar surface area (TPSA) is 328 Å². The van der Waals surface area contributed by atoms with E-state index in [0.29, 0.717) is 0 Å². The summed E-state index contributed by atoms with van der Waals surface area (Å²) in [5.74, 6) is -10.8. The minimum Gasteiger partial charge on any atom is -0.550 e. The molecule has 0 amide bonds. The van der Waals surface area contributed by atoms with Crippen molar-refractivity contribution in [3.8, 4) is 0 Å². The molecule has 0 aliphatic heterocycles. The zero-order valence-corrected chi connectivity index (χ0v) is 32.8. The van der Waals surface area contributed by atoms with Crippen molar-refractivity contribution in [2.24, 2.45) is 5.73 Å². The van der Waals surface area contributed by atoms with Crippen molar-refractivity contribution in [3.63, 3.8) is 0 Å². The van der Waals surface area contributed by atoms with Crippen LogP contribution in [0.5, 0.6) is 0 Å². The molecule has 0 fully saturated rings. The van der Waals surface area contributed by atoms with Gasteiger partial charge in [0.1, 0.15) is 0 Å². The quantitative estimate of drug-likeness (QED) is 0.139. The van der Waals surface area contributed by atoms with Gasteiger partial charge in [-0.15, -0.1) is 0 Å². The third kappa shape index (κ3) is 99.3. The van der Waals surface area contributed by atoms with Gasteiger partial charge in [0.2, 0.25) is 0 Å². The van der Waals surface area contributed by atoms with Crippen molar-refractivity contribution in [2.45, 2.75) is 52.7 Å². The number of carboxylic acids is 7. The summed E-state index contributed by atoms with van der Waals surface area (Å²) in [6.07, 6.45) is -3.18. The van der Waals surface area contributed by atoms with E-state index in [9.17, 15) is 24.3 Å². The van der Waals surface area contributed by atoms with E-state index >= 15 is 0 Å². The van der Waals surface area contributed by atoms with Crippen molar-refractivity contribution in [2.75, 3.05) is 0 Å². The first-order chi connectivity index (χ1) is 14.7. The fourth-order valence-corrected chi connectivity index (χ4v) is 0.788. The molecule has 0 aliphatic carbocycles. The molecule has 0 bridgehead atoms. The van der Waals surface area contributed by atoms with Crippen molar-refractivity contribution >= 4 is 47.8 Å². The van der Waals surface area contributed by atoms with Crippen molar-refractivity contribution in [3.05, 3.63) is 0 Å². The van der Waals surface area contributed by atoms with Crippen molar-refractivity contribution in [1.29, 1.82) is 0 Å². The van der Waals surface area contributed by atoms with Crippen molar-refractivity contribution < 1.29 is 227 Å². The van der Waals surface area contributed by atoms with Gasteiger partial charge in [0.25, 0.3) is 6.10 Å². The van der Waals surface area contributed by atoms with Gasteiger partial charge in [-0.25, -0.2) is 9.59 Å². The molecule has 0 radical (unpaired) electrons. The standard InChI is InChI=1S/C8H11NO8.4C2H4O2.5Na/c9-3(6(11)12)1-2-4(10)17-5(7(13)14)8(15)16;4*1-2(3)4;;;;;/h3,5H,1-2,9H2,(H,11,12)(H,13,14)(H,15,16);4*1H3,(H,3,4);;;;;/q;;;;;5*+1/p-5/t3-;;;;;;;;;/m0........./s1. The molecule has 22 heteroatoms. The molecule has 0 saturated heterocycles. The molecule has 38 heavy (non-hydrogen) atoms. The fraction of sp³-hybridized carbons (Fsp3) is 0.500. The molecule has 0 saturated carbocycles. The molecule has 0 rings (SSSR count). The van der Waals surface area contributed by atoms with Crippen LogP contribution in [0.3, 0.4) is 0 Å². The second-order valence-corrected chi connectivity index (χ2v) is 4.98. The third-order valence-electron chi connectivity index (χ3n) is 1.66. The van der Waals surface area contributed by atoms with Crippen LogP contribution in [0.4, 0.5) is 0 Å². The van der Waals surface area contributed by atoms with Gasteiger partial charge < -0.3 is 70.2 Å². The van der Waals surface area contributed by atoms with Crippen LogP contribution >= 0.6 is 0 Å². The number of hydrogen-bond acceptors (Lipinski definition) is 15. The Bertz CT molecular complexity index is 615. The zero-order chi connectivity index (χ0) is 27.9. The summed E-state index contributed by atoms with van der Waals surface area (Å²) in [7, 11) is 0. The van der Waals surface area contributed by atoms with Gasteiger partial charge in [0.15, 0.2) is 0 Å². The SMILES string of the molecule is CC(=O)[O-].CC(=O)[O-].CC(=O)[O-].CC(=O)[O-].N[C@@H](CCC(=O)OC(C(=O)O)C(=O)O)C(=O)[O-].[Na+].[Na+].[Na+].[Na+].[Na+]. The van der Waals surface area contributed by atoms with Crippen LogP contribution in [0.2, 0.25) is 0 Å². The van der Waals surface area contributed by atoms with E-state index in [0.717, 1.165) is 27.7 Å². The van der Waals surface area contributed by atoms with E-state index in [2.05, 4.69) is 4.74 Å². The Morgan fingerprint density at radius 3 is 1.00 bits per heavy atom.